The van der Waals surface area contributed by atoms with Crippen LogP contribution in [-0.2, 0) is 17.7 Å². The van der Waals surface area contributed by atoms with Gasteiger partial charge in [0.25, 0.3) is 5.91 Å². The van der Waals surface area contributed by atoms with E-state index in [-0.39, 0.29) is 5.91 Å². The van der Waals surface area contributed by atoms with E-state index in [1.54, 1.807) is 19.2 Å². The van der Waals surface area contributed by atoms with Gasteiger partial charge in [-0.1, -0.05) is 0 Å². The van der Waals surface area contributed by atoms with E-state index in [1.165, 1.54) is 0 Å². The molecule has 0 atom stereocenters. The molecule has 2 aliphatic heterocycles. The standard InChI is InChI=1S/C19H22N4O3/c1-25-16-4-2-14(3-5-16)18(24)23-7-6-15-12-20-19(21-17(15)13-23)22-8-10-26-11-9-22/h2-5,12H,6-11,13H2,1H3. The first-order valence-electron chi connectivity index (χ1n) is 8.85. The first-order valence-corrected chi connectivity index (χ1v) is 8.85. The molecule has 0 N–H and O–H groups in total. The number of anilines is 1. The Labute approximate surface area is 152 Å². The molecule has 2 aliphatic rings. The van der Waals surface area contributed by atoms with Crippen LogP contribution in [0.2, 0.25) is 0 Å². The number of hydrogen-bond donors (Lipinski definition) is 0. The van der Waals surface area contributed by atoms with E-state index in [2.05, 4.69) is 9.88 Å². The van der Waals surface area contributed by atoms with Crippen LogP contribution in [0, 0.1) is 0 Å². The highest BCUT2D eigenvalue weighted by Crippen LogP contribution is 2.22. The van der Waals surface area contributed by atoms with Gasteiger partial charge in [-0.25, -0.2) is 9.97 Å². The van der Waals surface area contributed by atoms with Crippen LogP contribution in [-0.4, -0.2) is 60.7 Å². The average Bonchev–Trinajstić information content (AvgIpc) is 2.73. The maximum absolute atomic E-state index is 12.8. The number of fused-ring (bicyclic) bond motifs is 1. The number of carbonyl (C=O) groups excluding carboxylic acids is 1. The first kappa shape index (κ1) is 16.8. The third-order valence-corrected chi connectivity index (χ3v) is 4.85. The highest BCUT2D eigenvalue weighted by molar-refractivity contribution is 5.94. The quantitative estimate of drug-likeness (QED) is 0.833. The summed E-state index contributed by atoms with van der Waals surface area (Å²) in [6.45, 7) is 4.18. The maximum atomic E-state index is 12.8. The van der Waals surface area contributed by atoms with Crippen LogP contribution in [0.4, 0.5) is 5.95 Å². The number of nitrogens with zero attached hydrogens (tertiary/aromatic N) is 4. The van der Waals surface area contributed by atoms with Crippen molar-refractivity contribution < 1.29 is 14.3 Å². The summed E-state index contributed by atoms with van der Waals surface area (Å²) < 4.78 is 10.5. The molecule has 1 amide bonds. The number of hydrogen-bond acceptors (Lipinski definition) is 6. The SMILES string of the molecule is COc1ccc(C(=O)N2CCc3cnc(N4CCOCC4)nc3C2)cc1. The molecule has 1 fully saturated rings. The molecular formula is C19H22N4O3. The monoisotopic (exact) mass is 354 g/mol. The number of rotatable bonds is 3. The molecule has 3 heterocycles. The summed E-state index contributed by atoms with van der Waals surface area (Å²) in [7, 11) is 1.62. The molecule has 1 aromatic carbocycles. The molecule has 7 nitrogen and oxygen atoms in total. The van der Waals surface area contributed by atoms with Gasteiger partial charge in [-0.05, 0) is 36.2 Å². The highest BCUT2D eigenvalue weighted by atomic mass is 16.5. The largest absolute Gasteiger partial charge is 0.497 e. The van der Waals surface area contributed by atoms with E-state index in [9.17, 15) is 4.79 Å². The lowest BCUT2D eigenvalue weighted by molar-refractivity contribution is 0.0731. The van der Waals surface area contributed by atoms with E-state index < -0.39 is 0 Å². The number of amides is 1. The van der Waals surface area contributed by atoms with Crippen LogP contribution in [0.25, 0.3) is 0 Å². The third-order valence-electron chi connectivity index (χ3n) is 4.85. The van der Waals surface area contributed by atoms with Crippen molar-refractivity contribution >= 4 is 11.9 Å². The summed E-state index contributed by atoms with van der Waals surface area (Å²) in [5.41, 5.74) is 2.73. The summed E-state index contributed by atoms with van der Waals surface area (Å²) in [5.74, 6) is 1.49. The topological polar surface area (TPSA) is 67.8 Å². The molecule has 7 heteroatoms. The Hall–Kier alpha value is -2.67. The highest BCUT2D eigenvalue weighted by Gasteiger charge is 2.24. The molecule has 1 saturated heterocycles. The Balaban J connectivity index is 1.51. The van der Waals surface area contributed by atoms with Gasteiger partial charge in [-0.15, -0.1) is 0 Å². The molecule has 0 spiro atoms. The van der Waals surface area contributed by atoms with Gasteiger partial charge in [0.2, 0.25) is 5.95 Å². The average molecular weight is 354 g/mol. The molecule has 0 aliphatic carbocycles. The fourth-order valence-corrected chi connectivity index (χ4v) is 3.30. The smallest absolute Gasteiger partial charge is 0.254 e. The Bertz CT molecular complexity index is 788. The molecule has 0 unspecified atom stereocenters. The van der Waals surface area contributed by atoms with Crippen molar-refractivity contribution in [3.8, 4) is 5.75 Å². The van der Waals surface area contributed by atoms with Gasteiger partial charge >= 0.3 is 0 Å². The van der Waals surface area contributed by atoms with Gasteiger partial charge in [0.15, 0.2) is 0 Å². The Morgan fingerprint density at radius 2 is 1.92 bits per heavy atom. The summed E-state index contributed by atoms with van der Waals surface area (Å²) in [6.07, 6.45) is 2.68. The summed E-state index contributed by atoms with van der Waals surface area (Å²) in [5, 5.41) is 0. The lowest BCUT2D eigenvalue weighted by Crippen LogP contribution is -2.39. The Morgan fingerprint density at radius 1 is 1.15 bits per heavy atom. The number of morpholine rings is 1. The molecule has 0 saturated carbocycles. The third kappa shape index (κ3) is 3.35. The molecule has 0 radical (unpaired) electrons. The lowest BCUT2D eigenvalue weighted by Gasteiger charge is -2.30. The van der Waals surface area contributed by atoms with E-state index in [1.807, 2.05) is 23.2 Å². The van der Waals surface area contributed by atoms with Crippen molar-refractivity contribution in [1.82, 2.24) is 14.9 Å². The zero-order chi connectivity index (χ0) is 17.9. The fourth-order valence-electron chi connectivity index (χ4n) is 3.30. The Morgan fingerprint density at radius 3 is 2.65 bits per heavy atom. The van der Waals surface area contributed by atoms with Gasteiger partial charge < -0.3 is 19.3 Å². The van der Waals surface area contributed by atoms with Crippen molar-refractivity contribution in [3.05, 3.63) is 47.3 Å². The van der Waals surface area contributed by atoms with E-state index in [4.69, 9.17) is 14.5 Å². The van der Waals surface area contributed by atoms with Gasteiger partial charge in [-0.3, -0.25) is 4.79 Å². The zero-order valence-corrected chi connectivity index (χ0v) is 14.9. The number of ether oxygens (including phenoxy) is 2. The molecular weight excluding hydrogens is 332 g/mol. The molecule has 2 aromatic rings. The van der Waals surface area contributed by atoms with Crippen LogP contribution in [0.5, 0.6) is 5.75 Å². The number of aromatic nitrogens is 2. The van der Waals surface area contributed by atoms with Crippen LogP contribution >= 0.6 is 0 Å². The summed E-state index contributed by atoms with van der Waals surface area (Å²) in [4.78, 5) is 26.0. The van der Waals surface area contributed by atoms with E-state index in [0.717, 1.165) is 42.5 Å². The van der Waals surface area contributed by atoms with E-state index >= 15 is 0 Å². The molecule has 4 rings (SSSR count). The Kier molecular flexibility index (Phi) is 4.71. The second-order valence-electron chi connectivity index (χ2n) is 6.45. The van der Waals surface area contributed by atoms with Gasteiger partial charge in [-0.2, -0.15) is 0 Å². The van der Waals surface area contributed by atoms with Crippen molar-refractivity contribution in [1.29, 1.82) is 0 Å². The molecule has 26 heavy (non-hydrogen) atoms. The minimum atomic E-state index is 0.0184. The number of benzene rings is 1. The maximum Gasteiger partial charge on any atom is 0.254 e. The van der Waals surface area contributed by atoms with E-state index in [0.29, 0.717) is 31.9 Å². The van der Waals surface area contributed by atoms with Crippen molar-refractivity contribution in [3.63, 3.8) is 0 Å². The zero-order valence-electron chi connectivity index (χ0n) is 14.9. The molecule has 1 aromatic heterocycles. The van der Waals surface area contributed by atoms with Crippen LogP contribution in [0.1, 0.15) is 21.6 Å². The minimum absolute atomic E-state index is 0.0184. The van der Waals surface area contributed by atoms with Gasteiger partial charge in [0.05, 0.1) is 32.6 Å². The predicted octanol–water partition coefficient (Wildman–Crippen LogP) is 1.52. The lowest BCUT2D eigenvalue weighted by atomic mass is 10.1. The molecule has 0 bridgehead atoms. The second kappa shape index (κ2) is 7.29. The summed E-state index contributed by atoms with van der Waals surface area (Å²) in [6, 6.07) is 7.22. The van der Waals surface area contributed by atoms with Crippen LogP contribution < -0.4 is 9.64 Å². The predicted molar refractivity (Wildman–Crippen MR) is 96.5 cm³/mol. The van der Waals surface area contributed by atoms with Gasteiger partial charge in [0.1, 0.15) is 5.75 Å². The minimum Gasteiger partial charge on any atom is -0.497 e. The first-order chi connectivity index (χ1) is 12.7. The van der Waals surface area contributed by atoms with Crippen molar-refractivity contribution in [2.24, 2.45) is 0 Å². The number of methoxy groups -OCH3 is 1. The fraction of sp³-hybridized carbons (Fsp3) is 0.421. The number of carbonyl (C=O) groups is 1. The van der Waals surface area contributed by atoms with Crippen LogP contribution in [0.15, 0.2) is 30.5 Å². The van der Waals surface area contributed by atoms with Crippen molar-refractivity contribution in [2.75, 3.05) is 44.9 Å². The summed E-state index contributed by atoms with van der Waals surface area (Å²) >= 11 is 0. The van der Waals surface area contributed by atoms with Crippen molar-refractivity contribution in [2.45, 2.75) is 13.0 Å². The van der Waals surface area contributed by atoms with Gasteiger partial charge in [0, 0.05) is 31.4 Å². The van der Waals surface area contributed by atoms with Crippen LogP contribution in [0.3, 0.4) is 0 Å². The normalized spacial score (nSPS) is 17.0. The molecule has 136 valence electrons. The second-order valence-corrected chi connectivity index (χ2v) is 6.45.